The van der Waals surface area contributed by atoms with Gasteiger partial charge in [0.2, 0.25) is 5.91 Å². The number of rotatable bonds is 51. The Morgan fingerprint density at radius 3 is 1.11 bits per heavy atom. The highest BCUT2D eigenvalue weighted by Crippen LogP contribution is 2.17. The van der Waals surface area contributed by atoms with Gasteiger partial charge in [-0.05, 0) is 32.1 Å². The minimum Gasteiger partial charge on any atom is -0.466 e. The van der Waals surface area contributed by atoms with E-state index in [9.17, 15) is 19.8 Å². The van der Waals surface area contributed by atoms with Crippen LogP contribution in [0, 0.1) is 0 Å². The third kappa shape index (κ3) is 47.9. The second kappa shape index (κ2) is 51.2. The second-order valence-electron chi connectivity index (χ2n) is 18.9. The van der Waals surface area contributed by atoms with E-state index in [1.54, 1.807) is 6.08 Å². The van der Waals surface area contributed by atoms with E-state index in [4.69, 9.17) is 4.74 Å². The summed E-state index contributed by atoms with van der Waals surface area (Å²) in [4.78, 5) is 24.5. The molecule has 2 unspecified atom stereocenters. The molecule has 0 fully saturated rings. The lowest BCUT2D eigenvalue weighted by atomic mass is 10.0. The fourth-order valence-electron chi connectivity index (χ4n) is 8.58. The quantitative estimate of drug-likeness (QED) is 0.0322. The fourth-order valence-corrected chi connectivity index (χ4v) is 8.58. The Balaban J connectivity index is 3.46. The normalized spacial score (nSPS) is 12.7. The highest BCUT2D eigenvalue weighted by Gasteiger charge is 2.18. The van der Waals surface area contributed by atoms with Crippen molar-refractivity contribution in [1.82, 2.24) is 5.32 Å². The number of esters is 1. The van der Waals surface area contributed by atoms with Crippen LogP contribution in [-0.4, -0.2) is 47.4 Å². The molecule has 0 saturated heterocycles. The lowest BCUT2D eigenvalue weighted by molar-refractivity contribution is -0.143. The largest absolute Gasteiger partial charge is 0.466 e. The molecule has 3 N–H and O–H groups in total. The zero-order chi connectivity index (χ0) is 44.4. The van der Waals surface area contributed by atoms with E-state index < -0.39 is 12.1 Å². The van der Waals surface area contributed by atoms with Crippen LogP contribution in [0.4, 0.5) is 0 Å². The summed E-state index contributed by atoms with van der Waals surface area (Å²) in [5.41, 5.74) is 0. The van der Waals surface area contributed by atoms with Crippen LogP contribution in [0.5, 0.6) is 0 Å². The van der Waals surface area contributed by atoms with Crippen molar-refractivity contribution in [2.75, 3.05) is 13.2 Å². The van der Waals surface area contributed by atoms with E-state index in [2.05, 4.69) is 19.2 Å². The molecule has 0 aromatic carbocycles. The first-order valence-corrected chi connectivity index (χ1v) is 27.5. The predicted octanol–water partition coefficient (Wildman–Crippen LogP) is 16.5. The van der Waals surface area contributed by atoms with Gasteiger partial charge >= 0.3 is 5.97 Å². The number of unbranched alkanes of at least 4 members (excludes halogenated alkanes) is 40. The summed E-state index contributed by atoms with van der Waals surface area (Å²) < 4.78 is 5.46. The number of ether oxygens (including phenoxy) is 1. The Morgan fingerprint density at radius 2 is 0.754 bits per heavy atom. The van der Waals surface area contributed by atoms with Crippen molar-refractivity contribution >= 4 is 11.9 Å². The van der Waals surface area contributed by atoms with Gasteiger partial charge in [-0.2, -0.15) is 0 Å². The molecule has 0 aliphatic carbocycles. The van der Waals surface area contributed by atoms with Crippen LogP contribution in [0.15, 0.2) is 12.2 Å². The summed E-state index contributed by atoms with van der Waals surface area (Å²) >= 11 is 0. The highest BCUT2D eigenvalue weighted by molar-refractivity contribution is 5.76. The van der Waals surface area contributed by atoms with Crippen molar-refractivity contribution in [3.05, 3.63) is 12.2 Å². The van der Waals surface area contributed by atoms with Gasteiger partial charge in [-0.3, -0.25) is 9.59 Å². The number of aliphatic hydroxyl groups excluding tert-OH is 2. The average Bonchev–Trinajstić information content (AvgIpc) is 3.26. The number of hydrogen-bond acceptors (Lipinski definition) is 5. The lowest BCUT2D eigenvalue weighted by Gasteiger charge is -2.20. The Hall–Kier alpha value is -1.40. The van der Waals surface area contributed by atoms with E-state index >= 15 is 0 Å². The molecule has 1 amide bonds. The summed E-state index contributed by atoms with van der Waals surface area (Å²) in [6.07, 6.45) is 59.3. The molecule has 0 saturated carbocycles. The molecule has 0 aliphatic heterocycles. The first kappa shape index (κ1) is 59.6. The number of nitrogens with one attached hydrogen (secondary N) is 1. The average molecular weight is 862 g/mol. The molecule has 0 bridgehead atoms. The third-order valence-corrected chi connectivity index (χ3v) is 12.8. The summed E-state index contributed by atoms with van der Waals surface area (Å²) in [6.45, 7) is 4.90. The topological polar surface area (TPSA) is 95.9 Å². The van der Waals surface area contributed by atoms with E-state index in [1.807, 2.05) is 6.08 Å². The summed E-state index contributed by atoms with van der Waals surface area (Å²) in [5.74, 6) is -0.0736. The predicted molar refractivity (Wildman–Crippen MR) is 264 cm³/mol. The van der Waals surface area contributed by atoms with Crippen LogP contribution < -0.4 is 5.32 Å². The number of hydrogen-bond donors (Lipinski definition) is 3. The maximum Gasteiger partial charge on any atom is 0.305 e. The molecule has 0 radical (unpaired) electrons. The molecule has 6 heteroatoms. The van der Waals surface area contributed by atoms with Gasteiger partial charge < -0.3 is 20.3 Å². The maximum absolute atomic E-state index is 12.4. The molecule has 6 nitrogen and oxygen atoms in total. The number of aliphatic hydroxyl groups is 2. The molecule has 0 aromatic rings. The minimum absolute atomic E-state index is 0.000617. The first-order valence-electron chi connectivity index (χ1n) is 27.5. The van der Waals surface area contributed by atoms with E-state index in [0.29, 0.717) is 19.4 Å². The van der Waals surface area contributed by atoms with Gasteiger partial charge in [0.1, 0.15) is 0 Å². The van der Waals surface area contributed by atoms with Crippen molar-refractivity contribution in [1.29, 1.82) is 0 Å². The van der Waals surface area contributed by atoms with Crippen molar-refractivity contribution in [2.24, 2.45) is 0 Å². The van der Waals surface area contributed by atoms with E-state index in [-0.39, 0.29) is 18.5 Å². The van der Waals surface area contributed by atoms with Gasteiger partial charge in [0, 0.05) is 12.8 Å². The van der Waals surface area contributed by atoms with Crippen LogP contribution >= 0.6 is 0 Å². The molecular weight excluding hydrogens is 755 g/mol. The van der Waals surface area contributed by atoms with Crippen molar-refractivity contribution in [2.45, 2.75) is 315 Å². The SMILES string of the molecule is CCCCCCCCCCCCCCCCC/C=C/C(O)C(CO)NC(=O)CCCCCCCCCCCCCCCCCOC(=O)CCCCCCCCCCCCCC. The van der Waals surface area contributed by atoms with Crippen LogP contribution in [-0.2, 0) is 14.3 Å². The molecule has 0 aromatic heterocycles. The summed E-state index contributed by atoms with van der Waals surface area (Å²) in [6, 6.07) is -0.633. The smallest absolute Gasteiger partial charge is 0.305 e. The Kier molecular flexibility index (Phi) is 50.1. The maximum atomic E-state index is 12.4. The number of allylic oxidation sites excluding steroid dienone is 1. The van der Waals surface area contributed by atoms with Crippen LogP contribution in [0.2, 0.25) is 0 Å². The monoisotopic (exact) mass is 862 g/mol. The number of amides is 1. The molecule has 362 valence electrons. The van der Waals surface area contributed by atoms with Gasteiger partial charge in [-0.15, -0.1) is 0 Å². The van der Waals surface area contributed by atoms with Crippen molar-refractivity contribution < 1.29 is 24.5 Å². The summed E-state index contributed by atoms with van der Waals surface area (Å²) in [7, 11) is 0. The van der Waals surface area contributed by atoms with E-state index in [1.165, 1.54) is 231 Å². The molecule has 0 rings (SSSR count). The fraction of sp³-hybridized carbons (Fsp3) is 0.927. The molecule has 61 heavy (non-hydrogen) atoms. The molecular formula is C55H107NO5. The van der Waals surface area contributed by atoms with Gasteiger partial charge in [0.05, 0.1) is 25.4 Å². The minimum atomic E-state index is -0.849. The van der Waals surface area contributed by atoms with Crippen molar-refractivity contribution in [3.63, 3.8) is 0 Å². The number of carbonyl (C=O) groups excluding carboxylic acids is 2. The molecule has 0 aliphatic rings. The summed E-state index contributed by atoms with van der Waals surface area (Å²) in [5, 5.41) is 23.1. The third-order valence-electron chi connectivity index (χ3n) is 12.8. The zero-order valence-corrected chi connectivity index (χ0v) is 41.2. The molecule has 0 spiro atoms. The lowest BCUT2D eigenvalue weighted by Crippen LogP contribution is -2.45. The second-order valence-corrected chi connectivity index (χ2v) is 18.9. The molecule has 2 atom stereocenters. The Labute approximate surface area is 380 Å². The van der Waals surface area contributed by atoms with Crippen LogP contribution in [0.3, 0.4) is 0 Å². The van der Waals surface area contributed by atoms with Gasteiger partial charge in [-0.25, -0.2) is 0 Å². The first-order chi connectivity index (χ1) is 30.0. The Bertz CT molecular complexity index is 909. The van der Waals surface area contributed by atoms with Gasteiger partial charge in [-0.1, -0.05) is 270 Å². The highest BCUT2D eigenvalue weighted by atomic mass is 16.5. The zero-order valence-electron chi connectivity index (χ0n) is 41.2. The number of carbonyl (C=O) groups is 2. The Morgan fingerprint density at radius 1 is 0.443 bits per heavy atom. The van der Waals surface area contributed by atoms with Gasteiger partial charge in [0.15, 0.2) is 0 Å². The molecule has 0 heterocycles. The van der Waals surface area contributed by atoms with Crippen LogP contribution in [0.25, 0.3) is 0 Å². The standard InChI is InChI=1S/C55H107NO5/c1-3-5-7-9-11-13-15-17-18-19-21-24-27-31-35-39-43-47-53(58)52(51-57)56-54(59)48-44-40-36-32-28-25-22-20-23-26-30-34-38-42-46-50-61-55(60)49-45-41-37-33-29-16-14-12-10-8-6-4-2/h43,47,52-53,57-58H,3-42,44-46,48-51H2,1-2H3,(H,56,59)/b47-43+. The van der Waals surface area contributed by atoms with Crippen molar-refractivity contribution in [3.8, 4) is 0 Å². The van der Waals surface area contributed by atoms with Gasteiger partial charge in [0.25, 0.3) is 0 Å². The van der Waals surface area contributed by atoms with Crippen LogP contribution in [0.1, 0.15) is 303 Å². The van der Waals surface area contributed by atoms with E-state index in [0.717, 1.165) is 44.9 Å².